The highest BCUT2D eigenvalue weighted by atomic mass is 16.7. The van der Waals surface area contributed by atoms with E-state index < -0.39 is 48.1 Å². The van der Waals surface area contributed by atoms with E-state index in [4.69, 9.17) is 9.57 Å². The molecule has 0 radical (unpaired) electrons. The molecule has 3 atom stereocenters. The van der Waals surface area contributed by atoms with Crippen LogP contribution in [0.3, 0.4) is 0 Å². The monoisotopic (exact) mass is 387 g/mol. The van der Waals surface area contributed by atoms with Crippen molar-refractivity contribution in [1.82, 2.24) is 14.6 Å². The number of benzene rings is 1. The molecule has 1 fully saturated rings. The Morgan fingerprint density at radius 3 is 2.43 bits per heavy atom. The van der Waals surface area contributed by atoms with Crippen molar-refractivity contribution in [2.75, 3.05) is 6.61 Å². The van der Waals surface area contributed by atoms with Gasteiger partial charge < -0.3 is 9.84 Å². The topological polar surface area (TPSA) is 131 Å². The molecule has 1 unspecified atom stereocenters. The molecule has 0 saturated carbocycles. The van der Waals surface area contributed by atoms with Crippen molar-refractivity contribution in [1.29, 1.82) is 0 Å². The quantitative estimate of drug-likeness (QED) is 0.690. The molecule has 4 rings (SSSR count). The van der Waals surface area contributed by atoms with Crippen LogP contribution in [0.5, 0.6) is 0 Å². The molecular formula is C18H17N3O7. The van der Waals surface area contributed by atoms with Gasteiger partial charge in [0.15, 0.2) is 0 Å². The predicted molar refractivity (Wildman–Crippen MR) is 93.5 cm³/mol. The second-order valence-corrected chi connectivity index (χ2v) is 6.62. The number of nitrogens with zero attached hydrogens (tertiary/aromatic N) is 2. The minimum absolute atomic E-state index is 0.0873. The summed E-state index contributed by atoms with van der Waals surface area (Å²) >= 11 is 0. The third-order valence-electron chi connectivity index (χ3n) is 4.81. The van der Waals surface area contributed by atoms with Gasteiger partial charge in [0.1, 0.15) is 18.4 Å². The summed E-state index contributed by atoms with van der Waals surface area (Å²) in [6.07, 6.45) is -1.11. The fraction of sp³-hybridized carbons (Fsp3) is 0.333. The number of rotatable bonds is 4. The number of aromatic amines is 1. The number of H-pyrrole nitrogens is 1. The Morgan fingerprint density at radius 2 is 1.82 bits per heavy atom. The number of carbonyl (C=O) groups excluding carboxylic acids is 2. The Hall–Kier alpha value is -3.08. The average molecular weight is 387 g/mol. The second-order valence-electron chi connectivity index (χ2n) is 6.62. The molecule has 10 heteroatoms. The van der Waals surface area contributed by atoms with Crippen LogP contribution in [0.1, 0.15) is 38.9 Å². The van der Waals surface area contributed by atoms with Crippen LogP contribution in [-0.4, -0.2) is 50.3 Å². The number of carbonyl (C=O) groups is 2. The molecule has 10 nitrogen and oxygen atoms in total. The molecule has 2 amide bonds. The zero-order chi connectivity index (χ0) is 20.0. The van der Waals surface area contributed by atoms with Crippen LogP contribution < -0.4 is 11.2 Å². The lowest BCUT2D eigenvalue weighted by Crippen LogP contribution is -2.39. The summed E-state index contributed by atoms with van der Waals surface area (Å²) < 4.78 is 6.85. The maximum absolute atomic E-state index is 12.5. The van der Waals surface area contributed by atoms with Crippen molar-refractivity contribution in [3.8, 4) is 0 Å². The van der Waals surface area contributed by atoms with Gasteiger partial charge in [-0.2, -0.15) is 0 Å². The van der Waals surface area contributed by atoms with Gasteiger partial charge in [-0.1, -0.05) is 12.1 Å². The molecule has 28 heavy (non-hydrogen) atoms. The minimum Gasteiger partial charge on any atom is -0.394 e. The van der Waals surface area contributed by atoms with E-state index in [0.29, 0.717) is 10.6 Å². The van der Waals surface area contributed by atoms with Gasteiger partial charge in [-0.15, -0.1) is 5.06 Å². The first-order valence-corrected chi connectivity index (χ1v) is 8.63. The van der Waals surface area contributed by atoms with Crippen LogP contribution >= 0.6 is 0 Å². The Labute approximate surface area is 157 Å². The van der Waals surface area contributed by atoms with Crippen molar-refractivity contribution in [3.63, 3.8) is 0 Å². The van der Waals surface area contributed by atoms with Gasteiger partial charge in [-0.3, -0.25) is 28.8 Å². The normalized spacial score (nSPS) is 24.1. The standard InChI is InChI=1S/C18H17N3O7/c1-9-7-20(18(26)19-15(9)23)14-6-12(13(8-22)27-14)28-21-16(24)10-4-2-3-5-11(10)17(21)25/h2-5,7,12-14,22H,6,8H2,1H3,(H,19,23,26)/t12?,13-,14-/m1/s1. The molecule has 1 saturated heterocycles. The van der Waals surface area contributed by atoms with Crippen molar-refractivity contribution in [2.24, 2.45) is 0 Å². The van der Waals surface area contributed by atoms with Gasteiger partial charge in [0, 0.05) is 18.2 Å². The molecule has 0 bridgehead atoms. The molecule has 0 spiro atoms. The molecule has 1 aromatic heterocycles. The molecule has 2 N–H and O–H groups in total. The van der Waals surface area contributed by atoms with Crippen LogP contribution in [-0.2, 0) is 9.57 Å². The summed E-state index contributed by atoms with van der Waals surface area (Å²) in [6, 6.07) is 6.34. The van der Waals surface area contributed by atoms with E-state index in [2.05, 4.69) is 4.98 Å². The van der Waals surface area contributed by atoms with Gasteiger partial charge >= 0.3 is 5.69 Å². The highest BCUT2D eigenvalue weighted by Gasteiger charge is 2.44. The minimum atomic E-state index is -0.867. The van der Waals surface area contributed by atoms with Crippen LogP contribution in [0.4, 0.5) is 0 Å². The van der Waals surface area contributed by atoms with Crippen LogP contribution in [0, 0.1) is 6.92 Å². The Morgan fingerprint density at radius 1 is 1.18 bits per heavy atom. The fourth-order valence-electron chi connectivity index (χ4n) is 3.34. The van der Waals surface area contributed by atoms with E-state index in [0.717, 1.165) is 0 Å². The maximum Gasteiger partial charge on any atom is 0.330 e. The third-order valence-corrected chi connectivity index (χ3v) is 4.81. The van der Waals surface area contributed by atoms with Crippen LogP contribution in [0.2, 0.25) is 0 Å². The number of aryl methyl sites for hydroxylation is 1. The number of amides is 2. The Kier molecular flexibility index (Phi) is 4.46. The number of aliphatic hydroxyl groups excluding tert-OH is 1. The number of hydrogen-bond donors (Lipinski definition) is 2. The Bertz CT molecular complexity index is 1040. The van der Waals surface area contributed by atoms with Gasteiger partial charge in [0.05, 0.1) is 17.7 Å². The summed E-state index contributed by atoms with van der Waals surface area (Å²) in [6.45, 7) is 1.10. The van der Waals surface area contributed by atoms with Crippen LogP contribution in [0.25, 0.3) is 0 Å². The maximum atomic E-state index is 12.5. The number of fused-ring (bicyclic) bond motifs is 1. The molecular weight excluding hydrogens is 370 g/mol. The number of aliphatic hydroxyl groups is 1. The van der Waals surface area contributed by atoms with E-state index >= 15 is 0 Å². The summed E-state index contributed by atoms with van der Waals surface area (Å²) in [7, 11) is 0. The molecule has 2 aliphatic heterocycles. The highest BCUT2D eigenvalue weighted by Crippen LogP contribution is 2.32. The smallest absolute Gasteiger partial charge is 0.330 e. The predicted octanol–water partition coefficient (Wildman–Crippen LogP) is -0.279. The van der Waals surface area contributed by atoms with E-state index in [1.165, 1.54) is 22.9 Å². The molecule has 2 aliphatic rings. The van der Waals surface area contributed by atoms with E-state index in [1.54, 1.807) is 19.1 Å². The molecule has 2 aromatic rings. The van der Waals surface area contributed by atoms with Gasteiger partial charge in [0.2, 0.25) is 0 Å². The largest absolute Gasteiger partial charge is 0.394 e. The SMILES string of the molecule is Cc1cn([C@H]2CC(ON3C(=O)c4ccccc4C3=O)[C@@H](CO)O2)c(=O)[nH]c1=O. The first-order chi connectivity index (χ1) is 13.4. The van der Waals surface area contributed by atoms with Gasteiger partial charge in [0.25, 0.3) is 17.4 Å². The molecule has 146 valence electrons. The summed E-state index contributed by atoms with van der Waals surface area (Å²) in [5, 5.41) is 10.3. The summed E-state index contributed by atoms with van der Waals surface area (Å²) in [4.78, 5) is 56.3. The summed E-state index contributed by atoms with van der Waals surface area (Å²) in [5.41, 5.74) is -0.393. The van der Waals surface area contributed by atoms with Crippen molar-refractivity contribution >= 4 is 11.8 Å². The number of hydrogen-bond acceptors (Lipinski definition) is 7. The van der Waals surface area contributed by atoms with Crippen molar-refractivity contribution in [2.45, 2.75) is 31.8 Å². The highest BCUT2D eigenvalue weighted by molar-refractivity contribution is 6.20. The van der Waals surface area contributed by atoms with Crippen molar-refractivity contribution in [3.05, 3.63) is 68.0 Å². The van der Waals surface area contributed by atoms with Gasteiger partial charge in [-0.25, -0.2) is 4.79 Å². The van der Waals surface area contributed by atoms with E-state index in [-0.39, 0.29) is 17.5 Å². The number of imide groups is 1. The lowest BCUT2D eigenvalue weighted by Gasteiger charge is -2.21. The Balaban J connectivity index is 1.57. The van der Waals surface area contributed by atoms with E-state index in [9.17, 15) is 24.3 Å². The first-order valence-electron chi connectivity index (χ1n) is 8.63. The van der Waals surface area contributed by atoms with E-state index in [1.807, 2.05) is 0 Å². The average Bonchev–Trinajstić information content (AvgIpc) is 3.20. The number of nitrogens with one attached hydrogen (secondary N) is 1. The van der Waals surface area contributed by atoms with Crippen molar-refractivity contribution < 1.29 is 24.3 Å². The fourth-order valence-corrected chi connectivity index (χ4v) is 3.34. The zero-order valence-corrected chi connectivity index (χ0v) is 14.8. The lowest BCUT2D eigenvalue weighted by atomic mass is 10.1. The number of hydroxylamine groups is 2. The summed E-state index contributed by atoms with van der Waals surface area (Å²) in [5.74, 6) is -1.20. The van der Waals surface area contributed by atoms with Gasteiger partial charge in [-0.05, 0) is 19.1 Å². The zero-order valence-electron chi connectivity index (χ0n) is 14.8. The lowest BCUT2D eigenvalue weighted by molar-refractivity contribution is -0.155. The number of ether oxygens (including phenoxy) is 1. The molecule has 1 aromatic carbocycles. The third kappa shape index (κ3) is 2.87. The molecule has 0 aliphatic carbocycles. The molecule has 3 heterocycles. The second kappa shape index (κ2) is 6.82. The first kappa shape index (κ1) is 18.3. The number of aromatic nitrogens is 2. The van der Waals surface area contributed by atoms with Crippen LogP contribution in [0.15, 0.2) is 40.1 Å².